The number of hydrogen-bond acceptors (Lipinski definition) is 7. The highest BCUT2D eigenvalue weighted by Crippen LogP contribution is 2.18. The summed E-state index contributed by atoms with van der Waals surface area (Å²) in [7, 11) is 0. The third-order valence-electron chi connectivity index (χ3n) is 3.89. The molecule has 0 aliphatic rings. The van der Waals surface area contributed by atoms with Crippen LogP contribution in [0.3, 0.4) is 0 Å². The number of carbonyl (C=O) groups excluding carboxylic acids is 2. The molecule has 7 heteroatoms. The summed E-state index contributed by atoms with van der Waals surface area (Å²) in [4.78, 5) is 23.3. The average Bonchev–Trinajstić information content (AvgIpc) is 2.63. The largest absolute Gasteiger partial charge is 0.379 e. The van der Waals surface area contributed by atoms with Crippen LogP contribution in [-0.4, -0.2) is 74.9 Å². The van der Waals surface area contributed by atoms with Crippen molar-refractivity contribution >= 4 is 23.3 Å². The topological polar surface area (TPSA) is 71.1 Å². The summed E-state index contributed by atoms with van der Waals surface area (Å²) in [6.45, 7) is 14.1. The third kappa shape index (κ3) is 17.6. The first kappa shape index (κ1) is 27.5. The highest BCUT2D eigenvalue weighted by molar-refractivity contribution is 8.01. The van der Waals surface area contributed by atoms with Crippen LogP contribution < -0.4 is 0 Å². The van der Waals surface area contributed by atoms with Gasteiger partial charge in [0.1, 0.15) is 11.6 Å². The number of hydrogen-bond donors (Lipinski definition) is 0. The maximum atomic E-state index is 11.9. The summed E-state index contributed by atoms with van der Waals surface area (Å²) in [6.07, 6.45) is 1.79. The summed E-state index contributed by atoms with van der Waals surface area (Å²) in [6, 6.07) is 0. The lowest BCUT2D eigenvalue weighted by molar-refractivity contribution is -0.123. The second-order valence-corrected chi connectivity index (χ2v) is 9.14. The van der Waals surface area contributed by atoms with Gasteiger partial charge < -0.3 is 18.9 Å². The molecule has 0 aliphatic carbocycles. The van der Waals surface area contributed by atoms with Crippen molar-refractivity contribution in [1.29, 1.82) is 0 Å². The van der Waals surface area contributed by atoms with Crippen LogP contribution in [0.15, 0.2) is 0 Å². The molecule has 0 aromatic heterocycles. The van der Waals surface area contributed by atoms with Gasteiger partial charge >= 0.3 is 0 Å². The molecule has 0 N–H and O–H groups in total. The Kier molecular flexibility index (Phi) is 18.2. The molecule has 28 heavy (non-hydrogen) atoms. The maximum absolute atomic E-state index is 11.9. The van der Waals surface area contributed by atoms with Gasteiger partial charge in [0.2, 0.25) is 0 Å². The molecule has 0 rings (SSSR count). The SMILES string of the molecule is CC(C)SC(C)C(=O)CCCOCCOCCOCCOCCC(=O)C(C)C. The van der Waals surface area contributed by atoms with Crippen LogP contribution in [0.4, 0.5) is 0 Å². The van der Waals surface area contributed by atoms with Crippen molar-refractivity contribution in [2.24, 2.45) is 5.92 Å². The van der Waals surface area contributed by atoms with Gasteiger partial charge in [-0.25, -0.2) is 0 Å². The van der Waals surface area contributed by atoms with Gasteiger partial charge in [0.15, 0.2) is 0 Å². The predicted octanol–water partition coefficient (Wildman–Crippen LogP) is 3.55. The molecule has 0 saturated heterocycles. The third-order valence-corrected chi connectivity index (χ3v) is 5.11. The number of ether oxygens (including phenoxy) is 4. The lowest BCUT2D eigenvalue weighted by atomic mass is 10.1. The molecule has 0 aliphatic heterocycles. The molecule has 0 fully saturated rings. The molecule has 0 radical (unpaired) electrons. The highest BCUT2D eigenvalue weighted by atomic mass is 32.2. The van der Waals surface area contributed by atoms with Crippen molar-refractivity contribution in [3.05, 3.63) is 0 Å². The van der Waals surface area contributed by atoms with E-state index in [0.29, 0.717) is 76.7 Å². The van der Waals surface area contributed by atoms with E-state index < -0.39 is 0 Å². The Morgan fingerprint density at radius 2 is 1.11 bits per heavy atom. The lowest BCUT2D eigenvalue weighted by Crippen LogP contribution is -2.16. The van der Waals surface area contributed by atoms with Gasteiger partial charge in [0, 0.05) is 25.4 Å². The van der Waals surface area contributed by atoms with Crippen LogP contribution in [0.25, 0.3) is 0 Å². The highest BCUT2D eigenvalue weighted by Gasteiger charge is 2.14. The number of Topliss-reactive ketones (excluding diaryl/α,β-unsaturated/α-hetero) is 2. The Hall–Kier alpha value is -0.470. The van der Waals surface area contributed by atoms with Crippen molar-refractivity contribution in [3.8, 4) is 0 Å². The zero-order valence-electron chi connectivity index (χ0n) is 18.4. The van der Waals surface area contributed by atoms with E-state index in [-0.39, 0.29) is 17.0 Å². The van der Waals surface area contributed by atoms with Gasteiger partial charge in [-0.15, -0.1) is 11.8 Å². The first-order chi connectivity index (χ1) is 13.3. The summed E-state index contributed by atoms with van der Waals surface area (Å²) < 4.78 is 21.7. The van der Waals surface area contributed by atoms with Gasteiger partial charge in [-0.3, -0.25) is 9.59 Å². The van der Waals surface area contributed by atoms with Crippen molar-refractivity contribution in [2.75, 3.05) is 52.9 Å². The first-order valence-electron chi connectivity index (χ1n) is 10.4. The Labute approximate surface area is 175 Å². The number of carbonyl (C=O) groups is 2. The molecule has 0 aromatic rings. The number of rotatable bonds is 20. The van der Waals surface area contributed by atoms with E-state index in [9.17, 15) is 9.59 Å². The van der Waals surface area contributed by atoms with E-state index in [2.05, 4.69) is 13.8 Å². The van der Waals surface area contributed by atoms with Gasteiger partial charge in [-0.1, -0.05) is 27.7 Å². The molecule has 1 unspecified atom stereocenters. The Morgan fingerprint density at radius 1 is 0.643 bits per heavy atom. The van der Waals surface area contributed by atoms with Crippen molar-refractivity contribution in [2.45, 2.75) is 64.4 Å². The minimum atomic E-state index is 0.0660. The molecule has 0 aromatic carbocycles. The molecule has 0 saturated carbocycles. The zero-order valence-corrected chi connectivity index (χ0v) is 19.2. The van der Waals surface area contributed by atoms with Crippen LogP contribution in [0, 0.1) is 5.92 Å². The first-order valence-corrected chi connectivity index (χ1v) is 11.3. The van der Waals surface area contributed by atoms with Crippen LogP contribution in [-0.2, 0) is 28.5 Å². The maximum Gasteiger partial charge on any atom is 0.145 e. The fourth-order valence-electron chi connectivity index (χ4n) is 2.26. The summed E-state index contributed by atoms with van der Waals surface area (Å²) in [5.41, 5.74) is 0. The second-order valence-electron chi connectivity index (χ2n) is 7.22. The monoisotopic (exact) mass is 420 g/mol. The zero-order chi connectivity index (χ0) is 21.2. The van der Waals surface area contributed by atoms with E-state index in [1.807, 2.05) is 20.8 Å². The molecule has 0 spiro atoms. The van der Waals surface area contributed by atoms with Crippen LogP contribution in [0.2, 0.25) is 0 Å². The molecule has 0 amide bonds. The quantitative estimate of drug-likeness (QED) is 0.279. The van der Waals surface area contributed by atoms with Gasteiger partial charge in [0.25, 0.3) is 0 Å². The molecule has 166 valence electrons. The molecular weight excluding hydrogens is 380 g/mol. The van der Waals surface area contributed by atoms with Gasteiger partial charge in [-0.2, -0.15) is 0 Å². The fourth-order valence-corrected chi connectivity index (χ4v) is 3.35. The van der Waals surface area contributed by atoms with Crippen LogP contribution >= 0.6 is 11.8 Å². The fraction of sp³-hybridized carbons (Fsp3) is 0.905. The summed E-state index contributed by atoms with van der Waals surface area (Å²) in [5.74, 6) is 0.593. The van der Waals surface area contributed by atoms with Gasteiger partial charge in [-0.05, 0) is 18.6 Å². The average molecular weight is 421 g/mol. The van der Waals surface area contributed by atoms with Crippen molar-refractivity contribution < 1.29 is 28.5 Å². The molecule has 0 bridgehead atoms. The molecule has 0 heterocycles. The summed E-state index contributed by atoms with van der Waals surface area (Å²) >= 11 is 1.71. The van der Waals surface area contributed by atoms with E-state index in [4.69, 9.17) is 18.9 Å². The van der Waals surface area contributed by atoms with E-state index in [0.717, 1.165) is 6.42 Å². The van der Waals surface area contributed by atoms with Crippen LogP contribution in [0.5, 0.6) is 0 Å². The normalized spacial score (nSPS) is 12.7. The van der Waals surface area contributed by atoms with E-state index in [1.165, 1.54) is 0 Å². The number of thioether (sulfide) groups is 1. The molecule has 6 nitrogen and oxygen atoms in total. The summed E-state index contributed by atoms with van der Waals surface area (Å²) in [5, 5.41) is 0.542. The Balaban J connectivity index is 3.26. The van der Waals surface area contributed by atoms with Crippen molar-refractivity contribution in [3.63, 3.8) is 0 Å². The van der Waals surface area contributed by atoms with Crippen molar-refractivity contribution in [1.82, 2.24) is 0 Å². The lowest BCUT2D eigenvalue weighted by Gasteiger charge is -2.12. The second kappa shape index (κ2) is 18.6. The molecule has 1 atom stereocenters. The molecular formula is C21H40O6S. The van der Waals surface area contributed by atoms with Gasteiger partial charge in [0.05, 0.1) is 51.5 Å². The van der Waals surface area contributed by atoms with E-state index >= 15 is 0 Å². The smallest absolute Gasteiger partial charge is 0.145 e. The minimum Gasteiger partial charge on any atom is -0.379 e. The minimum absolute atomic E-state index is 0.0660. The van der Waals surface area contributed by atoms with E-state index in [1.54, 1.807) is 11.8 Å². The number of ketones is 2. The Morgan fingerprint density at radius 3 is 1.57 bits per heavy atom. The Bertz CT molecular complexity index is 400. The predicted molar refractivity (Wildman–Crippen MR) is 114 cm³/mol. The van der Waals surface area contributed by atoms with Crippen LogP contribution in [0.1, 0.15) is 53.9 Å². The standard InChI is InChI=1S/C21H40O6S/c1-17(2)20(22)8-10-25-12-14-27-16-15-26-13-11-24-9-6-7-21(23)19(5)28-18(3)4/h17-19H,6-16H2,1-5H3.